The number of nitrogens with one attached hydrogen (secondary N) is 1. The zero-order valence-corrected chi connectivity index (χ0v) is 24.6. The number of unbranched alkanes of at least 4 members (excludes halogenated alkanes) is 17. The average Bonchev–Trinajstić information content (AvgIpc) is 2.87. The van der Waals surface area contributed by atoms with E-state index in [-0.39, 0.29) is 6.09 Å². The van der Waals surface area contributed by atoms with Crippen molar-refractivity contribution in [3.8, 4) is 0 Å². The van der Waals surface area contributed by atoms with Crippen molar-refractivity contribution in [2.75, 3.05) is 13.2 Å². The molecule has 0 rings (SSSR count). The Labute approximate surface area is 229 Å². The molecule has 0 saturated carbocycles. The summed E-state index contributed by atoms with van der Waals surface area (Å²) in [6.45, 7) is 5.69. The molecular formula is C31H62N2O4. The molecule has 1 unspecified atom stereocenters. The first-order valence-corrected chi connectivity index (χ1v) is 15.9. The molecule has 0 fully saturated rings. The molecule has 0 aliphatic rings. The maximum Gasteiger partial charge on any atom is 0.407 e. The van der Waals surface area contributed by atoms with Crippen molar-refractivity contribution in [2.45, 2.75) is 168 Å². The van der Waals surface area contributed by atoms with E-state index in [1.807, 2.05) is 0 Å². The topological polar surface area (TPSA) is 102 Å². The van der Waals surface area contributed by atoms with Gasteiger partial charge in [0.2, 0.25) is 0 Å². The second kappa shape index (κ2) is 27.7. The molecule has 6 nitrogen and oxygen atoms in total. The molecule has 4 N–H and O–H groups in total. The van der Waals surface area contributed by atoms with Crippen molar-refractivity contribution in [3.05, 3.63) is 0 Å². The van der Waals surface area contributed by atoms with Crippen molar-refractivity contribution in [3.63, 3.8) is 0 Å². The van der Waals surface area contributed by atoms with Gasteiger partial charge in [-0.1, -0.05) is 136 Å². The molecule has 0 radical (unpaired) electrons. The fourth-order valence-corrected chi connectivity index (χ4v) is 4.80. The summed E-state index contributed by atoms with van der Waals surface area (Å²) in [5.74, 6) is -0.0598. The van der Waals surface area contributed by atoms with Crippen LogP contribution < -0.4 is 11.1 Å². The predicted molar refractivity (Wildman–Crippen MR) is 156 cm³/mol. The van der Waals surface area contributed by atoms with Crippen LogP contribution in [0.1, 0.15) is 162 Å². The molecule has 2 atom stereocenters. The summed E-state index contributed by atoms with van der Waals surface area (Å²) in [6.07, 6.45) is 28.4. The Balaban J connectivity index is 3.24. The molecule has 0 heterocycles. The van der Waals surface area contributed by atoms with Crippen LogP contribution in [0.4, 0.5) is 4.79 Å². The number of carbonyl (C=O) groups excluding carboxylic acids is 1. The van der Waals surface area contributed by atoms with Gasteiger partial charge in [0.1, 0.15) is 6.04 Å². The van der Waals surface area contributed by atoms with Gasteiger partial charge in [0.15, 0.2) is 0 Å². The van der Waals surface area contributed by atoms with E-state index in [1.165, 1.54) is 116 Å². The Morgan fingerprint density at radius 2 is 1.11 bits per heavy atom. The van der Waals surface area contributed by atoms with Gasteiger partial charge in [0.25, 0.3) is 0 Å². The van der Waals surface area contributed by atoms with E-state index in [0.29, 0.717) is 32.4 Å². The summed E-state index contributed by atoms with van der Waals surface area (Å²) in [4.78, 5) is 22.2. The molecule has 0 saturated heterocycles. The normalized spacial score (nSPS) is 12.8. The number of hydrogen-bond donors (Lipinski definition) is 3. The fraction of sp³-hybridized carbons (Fsp3) is 0.935. The van der Waals surface area contributed by atoms with Gasteiger partial charge in [0, 0.05) is 6.54 Å². The largest absolute Gasteiger partial charge is 0.480 e. The smallest absolute Gasteiger partial charge is 0.407 e. The van der Waals surface area contributed by atoms with E-state index >= 15 is 0 Å². The second-order valence-corrected chi connectivity index (χ2v) is 11.2. The van der Waals surface area contributed by atoms with Crippen LogP contribution in [0.3, 0.4) is 0 Å². The second-order valence-electron chi connectivity index (χ2n) is 11.2. The SMILES string of the molecule is CCCCCCCCC(C)CCCCCCCCCCCCCCOC(=O)NCCCC[C@H](N)C(=O)O. The minimum Gasteiger partial charge on any atom is -0.480 e. The third-order valence-electron chi connectivity index (χ3n) is 7.40. The number of amides is 1. The summed E-state index contributed by atoms with van der Waals surface area (Å²) in [5.41, 5.74) is 5.44. The van der Waals surface area contributed by atoms with Gasteiger partial charge in [-0.3, -0.25) is 4.79 Å². The lowest BCUT2D eigenvalue weighted by Gasteiger charge is -2.11. The zero-order chi connectivity index (χ0) is 27.4. The number of hydrogen-bond acceptors (Lipinski definition) is 4. The number of carbonyl (C=O) groups is 2. The van der Waals surface area contributed by atoms with Gasteiger partial charge >= 0.3 is 12.1 Å². The van der Waals surface area contributed by atoms with E-state index in [9.17, 15) is 9.59 Å². The van der Waals surface area contributed by atoms with E-state index in [2.05, 4.69) is 19.2 Å². The molecular weight excluding hydrogens is 464 g/mol. The number of alkyl carbamates (subject to hydrolysis) is 1. The van der Waals surface area contributed by atoms with Crippen LogP contribution in [-0.4, -0.2) is 36.4 Å². The molecule has 0 aromatic carbocycles. The van der Waals surface area contributed by atoms with Gasteiger partial charge in [0.05, 0.1) is 6.61 Å². The Hall–Kier alpha value is -1.30. The van der Waals surface area contributed by atoms with E-state index in [4.69, 9.17) is 15.6 Å². The van der Waals surface area contributed by atoms with Gasteiger partial charge in [-0.25, -0.2) is 4.79 Å². The fourth-order valence-electron chi connectivity index (χ4n) is 4.80. The summed E-state index contributed by atoms with van der Waals surface area (Å²) < 4.78 is 5.19. The summed E-state index contributed by atoms with van der Waals surface area (Å²) in [7, 11) is 0. The summed E-state index contributed by atoms with van der Waals surface area (Å²) in [6, 6.07) is -0.819. The minimum atomic E-state index is -0.980. The molecule has 0 aliphatic heterocycles. The zero-order valence-electron chi connectivity index (χ0n) is 24.6. The number of aliphatic carboxylic acids is 1. The molecule has 0 aromatic heterocycles. The van der Waals surface area contributed by atoms with Crippen LogP contribution in [0.25, 0.3) is 0 Å². The highest BCUT2D eigenvalue weighted by Crippen LogP contribution is 2.19. The minimum absolute atomic E-state index is 0.384. The Bertz CT molecular complexity index is 515. The van der Waals surface area contributed by atoms with Crippen LogP contribution in [0.5, 0.6) is 0 Å². The van der Waals surface area contributed by atoms with E-state index in [0.717, 1.165) is 18.8 Å². The first kappa shape index (κ1) is 35.7. The lowest BCUT2D eigenvalue weighted by atomic mass is 9.96. The van der Waals surface area contributed by atoms with Crippen LogP contribution >= 0.6 is 0 Å². The van der Waals surface area contributed by atoms with Crippen molar-refractivity contribution < 1.29 is 19.4 Å². The standard InChI is InChI=1S/C31H62N2O4/c1-3-4-5-6-15-18-23-28(2)24-19-16-13-11-9-7-8-10-12-14-17-22-27-37-31(36)33-26-21-20-25-29(32)30(34)35/h28-29H,3-27,32H2,1-2H3,(H,33,36)(H,34,35)/t28?,29-/m0/s1. The molecule has 6 heteroatoms. The Kier molecular flexibility index (Phi) is 26.8. The highest BCUT2D eigenvalue weighted by Gasteiger charge is 2.10. The Morgan fingerprint density at radius 3 is 1.59 bits per heavy atom. The van der Waals surface area contributed by atoms with Crippen LogP contribution in [0.15, 0.2) is 0 Å². The monoisotopic (exact) mass is 526 g/mol. The van der Waals surface area contributed by atoms with Gasteiger partial charge in [-0.2, -0.15) is 0 Å². The molecule has 0 aromatic rings. The quantitative estimate of drug-likeness (QED) is 0.0884. The summed E-state index contributed by atoms with van der Waals surface area (Å²) in [5, 5.41) is 11.4. The number of carboxylic acid groups (broad SMARTS) is 1. The predicted octanol–water partition coefficient (Wildman–Crippen LogP) is 8.75. The Morgan fingerprint density at radius 1 is 0.676 bits per heavy atom. The molecule has 0 spiro atoms. The van der Waals surface area contributed by atoms with Gasteiger partial charge in [-0.15, -0.1) is 0 Å². The maximum absolute atomic E-state index is 11.6. The maximum atomic E-state index is 11.6. The highest BCUT2D eigenvalue weighted by atomic mass is 16.5. The third kappa shape index (κ3) is 27.5. The molecule has 0 aliphatic carbocycles. The number of nitrogens with two attached hydrogens (primary N) is 1. The van der Waals surface area contributed by atoms with E-state index in [1.54, 1.807) is 0 Å². The molecule has 1 amide bonds. The van der Waals surface area contributed by atoms with Crippen molar-refractivity contribution in [1.29, 1.82) is 0 Å². The van der Waals surface area contributed by atoms with Crippen molar-refractivity contribution in [1.82, 2.24) is 5.32 Å². The van der Waals surface area contributed by atoms with Crippen LogP contribution in [0, 0.1) is 5.92 Å². The third-order valence-corrected chi connectivity index (χ3v) is 7.40. The molecule has 37 heavy (non-hydrogen) atoms. The van der Waals surface area contributed by atoms with Gasteiger partial charge < -0.3 is 20.9 Å². The summed E-state index contributed by atoms with van der Waals surface area (Å²) >= 11 is 0. The molecule has 0 bridgehead atoms. The number of carboxylic acids is 1. The molecule has 220 valence electrons. The first-order chi connectivity index (χ1) is 18.0. The first-order valence-electron chi connectivity index (χ1n) is 15.9. The lowest BCUT2D eigenvalue weighted by Crippen LogP contribution is -2.30. The van der Waals surface area contributed by atoms with Crippen LogP contribution in [-0.2, 0) is 9.53 Å². The van der Waals surface area contributed by atoms with Crippen molar-refractivity contribution >= 4 is 12.1 Å². The van der Waals surface area contributed by atoms with E-state index < -0.39 is 12.0 Å². The average molecular weight is 527 g/mol. The van der Waals surface area contributed by atoms with Crippen LogP contribution in [0.2, 0.25) is 0 Å². The number of ether oxygens (including phenoxy) is 1. The number of rotatable bonds is 28. The lowest BCUT2D eigenvalue weighted by molar-refractivity contribution is -0.138. The highest BCUT2D eigenvalue weighted by molar-refractivity contribution is 5.72. The van der Waals surface area contributed by atoms with Crippen molar-refractivity contribution in [2.24, 2.45) is 11.7 Å². The van der Waals surface area contributed by atoms with Gasteiger partial charge in [-0.05, 0) is 31.6 Å².